The molecule has 0 saturated heterocycles. The number of aromatic nitrogens is 3. The summed E-state index contributed by atoms with van der Waals surface area (Å²) in [6, 6.07) is 19.5. The van der Waals surface area contributed by atoms with E-state index in [-0.39, 0.29) is 6.61 Å². The first-order valence-electron chi connectivity index (χ1n) is 8.73. The van der Waals surface area contributed by atoms with Crippen molar-refractivity contribution >= 4 is 23.0 Å². The SMILES string of the molecule is OCc1cnc(-c2ccnc(Nc3ccccc3OCc3ccccc3)n2)s1. The summed E-state index contributed by atoms with van der Waals surface area (Å²) >= 11 is 1.41. The van der Waals surface area contributed by atoms with E-state index in [0.717, 1.165) is 26.9 Å². The zero-order valence-electron chi connectivity index (χ0n) is 14.9. The smallest absolute Gasteiger partial charge is 0.227 e. The second kappa shape index (κ2) is 8.60. The van der Waals surface area contributed by atoms with Gasteiger partial charge < -0.3 is 15.2 Å². The molecule has 2 N–H and O–H groups in total. The second-order valence-corrected chi connectivity index (χ2v) is 7.07. The molecule has 28 heavy (non-hydrogen) atoms. The van der Waals surface area contributed by atoms with Crippen molar-refractivity contribution in [2.75, 3.05) is 5.32 Å². The van der Waals surface area contributed by atoms with Crippen LogP contribution in [0.3, 0.4) is 0 Å². The summed E-state index contributed by atoms with van der Waals surface area (Å²) in [6.07, 6.45) is 3.33. The second-order valence-electron chi connectivity index (χ2n) is 5.95. The molecule has 0 amide bonds. The Balaban J connectivity index is 1.52. The number of rotatable bonds is 7. The maximum atomic E-state index is 9.22. The fraction of sp³-hybridized carbons (Fsp3) is 0.0952. The van der Waals surface area contributed by atoms with E-state index in [0.29, 0.717) is 18.2 Å². The van der Waals surface area contributed by atoms with Crippen molar-refractivity contribution in [3.8, 4) is 16.5 Å². The summed E-state index contributed by atoms with van der Waals surface area (Å²) in [4.78, 5) is 13.9. The molecular formula is C21H18N4O2S. The summed E-state index contributed by atoms with van der Waals surface area (Å²) in [5.74, 6) is 1.17. The van der Waals surface area contributed by atoms with Crippen LogP contribution in [0.1, 0.15) is 10.4 Å². The molecule has 7 heteroatoms. The number of hydrogen-bond acceptors (Lipinski definition) is 7. The highest BCUT2D eigenvalue weighted by Crippen LogP contribution is 2.28. The zero-order chi connectivity index (χ0) is 19.2. The predicted octanol–water partition coefficient (Wildman–Crippen LogP) is 4.42. The Morgan fingerprint density at radius 2 is 1.79 bits per heavy atom. The van der Waals surface area contributed by atoms with E-state index in [4.69, 9.17) is 4.74 Å². The Bertz CT molecular complexity index is 1050. The summed E-state index contributed by atoms with van der Waals surface area (Å²) in [5, 5.41) is 13.2. The Labute approximate surface area is 166 Å². The van der Waals surface area contributed by atoms with Gasteiger partial charge >= 0.3 is 0 Å². The third-order valence-corrected chi connectivity index (χ3v) is 4.96. The summed E-state index contributed by atoms with van der Waals surface area (Å²) in [6.45, 7) is 0.448. The van der Waals surface area contributed by atoms with Crippen LogP contribution in [0, 0.1) is 0 Å². The summed E-state index contributed by atoms with van der Waals surface area (Å²) < 4.78 is 5.97. The topological polar surface area (TPSA) is 80.2 Å². The standard InChI is InChI=1S/C21H18N4O2S/c26-13-16-12-23-20(28-16)18-10-11-22-21(25-18)24-17-8-4-5-9-19(17)27-14-15-6-2-1-3-7-15/h1-12,26H,13-14H2,(H,22,24,25). The minimum Gasteiger partial charge on any atom is -0.487 e. The van der Waals surface area contributed by atoms with Crippen LogP contribution < -0.4 is 10.1 Å². The molecule has 2 heterocycles. The number of hydrogen-bond donors (Lipinski definition) is 2. The van der Waals surface area contributed by atoms with Crippen molar-refractivity contribution in [3.05, 3.63) is 83.5 Å². The van der Waals surface area contributed by atoms with Crippen molar-refractivity contribution in [2.45, 2.75) is 13.2 Å². The van der Waals surface area contributed by atoms with Gasteiger partial charge in [0.1, 0.15) is 23.1 Å². The normalized spacial score (nSPS) is 10.6. The lowest BCUT2D eigenvalue weighted by Crippen LogP contribution is -2.01. The highest BCUT2D eigenvalue weighted by Gasteiger charge is 2.09. The van der Waals surface area contributed by atoms with Gasteiger partial charge in [-0.25, -0.2) is 15.0 Å². The van der Waals surface area contributed by atoms with Crippen LogP contribution in [0.2, 0.25) is 0 Å². The Kier molecular flexibility index (Phi) is 5.56. The number of thiazole rings is 1. The van der Waals surface area contributed by atoms with E-state index in [1.54, 1.807) is 18.5 Å². The molecule has 140 valence electrons. The third kappa shape index (κ3) is 4.33. The minimum atomic E-state index is -0.0278. The summed E-state index contributed by atoms with van der Waals surface area (Å²) in [5.41, 5.74) is 2.58. The van der Waals surface area contributed by atoms with Gasteiger partial charge in [-0.1, -0.05) is 42.5 Å². The highest BCUT2D eigenvalue weighted by molar-refractivity contribution is 7.14. The number of ether oxygens (including phenoxy) is 1. The van der Waals surface area contributed by atoms with Crippen LogP contribution in [0.4, 0.5) is 11.6 Å². The first kappa shape index (κ1) is 18.1. The van der Waals surface area contributed by atoms with E-state index >= 15 is 0 Å². The van der Waals surface area contributed by atoms with Crippen LogP contribution >= 0.6 is 11.3 Å². The number of nitrogens with zero attached hydrogens (tertiary/aromatic N) is 3. The van der Waals surface area contributed by atoms with E-state index in [2.05, 4.69) is 20.3 Å². The molecule has 0 fully saturated rings. The van der Waals surface area contributed by atoms with Gasteiger partial charge in [0.25, 0.3) is 0 Å². The number of anilines is 2. The first-order valence-corrected chi connectivity index (χ1v) is 9.55. The fourth-order valence-electron chi connectivity index (χ4n) is 2.59. The largest absolute Gasteiger partial charge is 0.487 e. The average Bonchev–Trinajstić information content (AvgIpc) is 3.24. The number of aliphatic hydroxyl groups excluding tert-OH is 1. The lowest BCUT2D eigenvalue weighted by molar-refractivity contribution is 0.285. The average molecular weight is 390 g/mol. The molecule has 0 spiro atoms. The van der Waals surface area contributed by atoms with Crippen molar-refractivity contribution in [1.82, 2.24) is 15.0 Å². The molecule has 0 saturated carbocycles. The molecular weight excluding hydrogens is 372 g/mol. The molecule has 0 aliphatic carbocycles. The lowest BCUT2D eigenvalue weighted by Gasteiger charge is -2.12. The maximum absolute atomic E-state index is 9.22. The quantitative estimate of drug-likeness (QED) is 0.486. The Morgan fingerprint density at radius 1 is 0.964 bits per heavy atom. The number of nitrogens with one attached hydrogen (secondary N) is 1. The molecule has 0 bridgehead atoms. The molecule has 0 aliphatic rings. The predicted molar refractivity (Wildman–Crippen MR) is 110 cm³/mol. The molecule has 0 aliphatic heterocycles. The van der Waals surface area contributed by atoms with Crippen molar-refractivity contribution in [2.24, 2.45) is 0 Å². The molecule has 0 radical (unpaired) electrons. The number of para-hydroxylation sites is 2. The van der Waals surface area contributed by atoms with Gasteiger partial charge in [-0.2, -0.15) is 0 Å². The molecule has 2 aromatic heterocycles. The maximum Gasteiger partial charge on any atom is 0.227 e. The Morgan fingerprint density at radius 3 is 2.61 bits per heavy atom. The van der Waals surface area contributed by atoms with Crippen LogP contribution in [0.25, 0.3) is 10.7 Å². The molecule has 4 rings (SSSR count). The summed E-state index contributed by atoms with van der Waals surface area (Å²) in [7, 11) is 0. The molecule has 0 unspecified atom stereocenters. The monoisotopic (exact) mass is 390 g/mol. The first-order chi connectivity index (χ1) is 13.8. The fourth-order valence-corrected chi connectivity index (χ4v) is 3.33. The van der Waals surface area contributed by atoms with Crippen LogP contribution in [-0.2, 0) is 13.2 Å². The van der Waals surface area contributed by atoms with Crippen LogP contribution in [0.15, 0.2) is 73.1 Å². The van der Waals surface area contributed by atoms with Gasteiger partial charge in [0.2, 0.25) is 5.95 Å². The Hall–Kier alpha value is -3.29. The zero-order valence-corrected chi connectivity index (χ0v) is 15.8. The molecule has 6 nitrogen and oxygen atoms in total. The molecule has 0 atom stereocenters. The lowest BCUT2D eigenvalue weighted by atomic mass is 10.2. The highest BCUT2D eigenvalue weighted by atomic mass is 32.1. The van der Waals surface area contributed by atoms with Gasteiger partial charge in [0.05, 0.1) is 17.2 Å². The molecule has 4 aromatic rings. The van der Waals surface area contributed by atoms with Crippen molar-refractivity contribution < 1.29 is 9.84 Å². The third-order valence-electron chi connectivity index (χ3n) is 3.95. The van der Waals surface area contributed by atoms with Gasteiger partial charge in [0.15, 0.2) is 0 Å². The van der Waals surface area contributed by atoms with Gasteiger partial charge in [-0.15, -0.1) is 11.3 Å². The van der Waals surface area contributed by atoms with E-state index in [9.17, 15) is 5.11 Å². The van der Waals surface area contributed by atoms with Gasteiger partial charge in [0, 0.05) is 12.4 Å². The van der Waals surface area contributed by atoms with Crippen molar-refractivity contribution in [3.63, 3.8) is 0 Å². The van der Waals surface area contributed by atoms with Crippen LogP contribution in [0.5, 0.6) is 5.75 Å². The van der Waals surface area contributed by atoms with Gasteiger partial charge in [-0.05, 0) is 23.8 Å². The van der Waals surface area contributed by atoms with Crippen molar-refractivity contribution in [1.29, 1.82) is 0 Å². The van der Waals surface area contributed by atoms with Gasteiger partial charge in [-0.3, -0.25) is 0 Å². The van der Waals surface area contributed by atoms with E-state index in [1.807, 2.05) is 54.6 Å². The number of aliphatic hydroxyl groups is 1. The van der Waals surface area contributed by atoms with E-state index < -0.39 is 0 Å². The minimum absolute atomic E-state index is 0.0278. The molecule has 2 aromatic carbocycles. The van der Waals surface area contributed by atoms with E-state index in [1.165, 1.54) is 11.3 Å². The number of benzene rings is 2. The van der Waals surface area contributed by atoms with Crippen LogP contribution in [-0.4, -0.2) is 20.1 Å².